The predicted molar refractivity (Wildman–Crippen MR) is 113 cm³/mol. The number of aryl methyl sites for hydroxylation is 1. The second-order valence-corrected chi connectivity index (χ2v) is 9.72. The van der Waals surface area contributed by atoms with Crippen LogP contribution in [0.1, 0.15) is 70.1 Å². The van der Waals surface area contributed by atoms with Crippen LogP contribution in [0.2, 0.25) is 0 Å². The van der Waals surface area contributed by atoms with E-state index in [2.05, 4.69) is 11.2 Å². The number of amides is 1. The smallest absolute Gasteiger partial charge is 0.399 e. The Morgan fingerprint density at radius 2 is 1.72 bits per heavy atom. The summed E-state index contributed by atoms with van der Waals surface area (Å²) in [4.78, 5) is 14.8. The van der Waals surface area contributed by atoms with E-state index in [-0.39, 0.29) is 22.6 Å². The number of rotatable bonds is 4. The molecule has 1 fully saturated rings. The molecule has 3 rings (SSSR count). The number of carbonyl (C=O) groups excluding carboxylic acids is 1. The monoisotopic (exact) mass is 398 g/mol. The van der Waals surface area contributed by atoms with Crippen LogP contribution in [-0.2, 0) is 15.9 Å². The van der Waals surface area contributed by atoms with Crippen LogP contribution in [0.3, 0.4) is 0 Å². The highest BCUT2D eigenvalue weighted by Gasteiger charge is 2.51. The van der Waals surface area contributed by atoms with Gasteiger partial charge >= 0.3 is 7.12 Å². The SMILES string of the molecule is Cc1cc(B2OC(C)(C)C(C)(C)O2)ccc1CN(C(=O)c1ccon1)C(C)(C)C. The second-order valence-electron chi connectivity index (χ2n) is 9.72. The van der Waals surface area contributed by atoms with Crippen LogP contribution in [0, 0.1) is 6.92 Å². The van der Waals surface area contributed by atoms with E-state index in [0.29, 0.717) is 12.2 Å². The fourth-order valence-corrected chi connectivity index (χ4v) is 3.27. The largest absolute Gasteiger partial charge is 0.494 e. The lowest BCUT2D eigenvalue weighted by Crippen LogP contribution is -2.45. The van der Waals surface area contributed by atoms with Gasteiger partial charge in [0.1, 0.15) is 6.26 Å². The number of benzene rings is 1. The molecule has 7 heteroatoms. The van der Waals surface area contributed by atoms with E-state index in [1.54, 1.807) is 6.07 Å². The quantitative estimate of drug-likeness (QED) is 0.735. The van der Waals surface area contributed by atoms with E-state index in [0.717, 1.165) is 16.6 Å². The first kappa shape index (κ1) is 21.6. The Morgan fingerprint density at radius 1 is 1.10 bits per heavy atom. The first-order valence-electron chi connectivity index (χ1n) is 9.99. The van der Waals surface area contributed by atoms with Gasteiger partial charge in [0.25, 0.3) is 5.91 Å². The standard InChI is InChI=1S/C22H31BN2O4/c1-15-13-17(23-28-21(5,6)22(7,8)29-23)10-9-16(15)14-25(20(2,3)4)19(26)18-11-12-27-24-18/h9-13H,14H2,1-8H3. The van der Waals surface area contributed by atoms with Crippen LogP contribution in [0.25, 0.3) is 0 Å². The summed E-state index contributed by atoms with van der Waals surface area (Å²) in [5.41, 5.74) is 2.32. The molecule has 156 valence electrons. The van der Waals surface area contributed by atoms with Gasteiger partial charge in [-0.3, -0.25) is 4.79 Å². The van der Waals surface area contributed by atoms with Crippen LogP contribution in [0.4, 0.5) is 0 Å². The molecule has 0 radical (unpaired) electrons. The molecule has 0 spiro atoms. The first-order chi connectivity index (χ1) is 13.3. The van der Waals surface area contributed by atoms with Crippen molar-refractivity contribution in [3.8, 4) is 0 Å². The zero-order chi connectivity index (χ0) is 21.6. The van der Waals surface area contributed by atoms with Crippen LogP contribution in [0.5, 0.6) is 0 Å². The van der Waals surface area contributed by atoms with Crippen molar-refractivity contribution in [3.63, 3.8) is 0 Å². The topological polar surface area (TPSA) is 64.8 Å². The van der Waals surface area contributed by atoms with Gasteiger partial charge < -0.3 is 18.7 Å². The van der Waals surface area contributed by atoms with Crippen molar-refractivity contribution in [3.05, 3.63) is 47.3 Å². The van der Waals surface area contributed by atoms with Crippen molar-refractivity contribution >= 4 is 18.5 Å². The van der Waals surface area contributed by atoms with Crippen LogP contribution in [-0.4, -0.2) is 39.8 Å². The molecular weight excluding hydrogens is 367 g/mol. The Labute approximate surface area is 173 Å². The van der Waals surface area contributed by atoms with Crippen LogP contribution >= 0.6 is 0 Å². The lowest BCUT2D eigenvalue weighted by molar-refractivity contribution is 0.00578. The Hall–Kier alpha value is -2.12. The van der Waals surface area contributed by atoms with Gasteiger partial charge in [0.05, 0.1) is 11.2 Å². The zero-order valence-electron chi connectivity index (χ0n) is 18.7. The molecule has 1 aliphatic heterocycles. The molecular formula is C22H31BN2O4. The Bertz CT molecular complexity index is 869. The van der Waals surface area contributed by atoms with E-state index >= 15 is 0 Å². The van der Waals surface area contributed by atoms with Gasteiger partial charge in [0.15, 0.2) is 5.69 Å². The van der Waals surface area contributed by atoms with E-state index < -0.39 is 7.12 Å². The Morgan fingerprint density at radius 3 is 2.21 bits per heavy atom. The van der Waals surface area contributed by atoms with Gasteiger partial charge in [-0.25, -0.2) is 0 Å². The van der Waals surface area contributed by atoms with Gasteiger partial charge in [-0.2, -0.15) is 0 Å². The molecule has 1 saturated heterocycles. The highest BCUT2D eigenvalue weighted by atomic mass is 16.7. The molecule has 1 aliphatic rings. The van der Waals surface area contributed by atoms with Gasteiger partial charge in [-0.15, -0.1) is 0 Å². The summed E-state index contributed by atoms with van der Waals surface area (Å²) in [6, 6.07) is 7.74. The van der Waals surface area contributed by atoms with Gasteiger partial charge in [0.2, 0.25) is 0 Å². The minimum Gasteiger partial charge on any atom is -0.399 e. The highest BCUT2D eigenvalue weighted by molar-refractivity contribution is 6.62. The fraction of sp³-hybridized carbons (Fsp3) is 0.545. The number of nitrogens with zero attached hydrogens (tertiary/aromatic N) is 2. The van der Waals surface area contributed by atoms with Crippen molar-refractivity contribution in [1.82, 2.24) is 10.1 Å². The number of carbonyl (C=O) groups is 1. The number of hydrogen-bond donors (Lipinski definition) is 0. The lowest BCUT2D eigenvalue weighted by Gasteiger charge is -2.35. The van der Waals surface area contributed by atoms with Crippen molar-refractivity contribution < 1.29 is 18.6 Å². The molecule has 1 amide bonds. The third-order valence-electron chi connectivity index (χ3n) is 5.93. The summed E-state index contributed by atoms with van der Waals surface area (Å²) < 4.78 is 17.2. The van der Waals surface area contributed by atoms with Crippen molar-refractivity contribution in [2.24, 2.45) is 0 Å². The first-order valence-corrected chi connectivity index (χ1v) is 9.99. The summed E-state index contributed by atoms with van der Waals surface area (Å²) >= 11 is 0. The predicted octanol–water partition coefficient (Wildman–Crippen LogP) is 3.72. The molecule has 1 aromatic heterocycles. The summed E-state index contributed by atoms with van der Waals surface area (Å²) in [5.74, 6) is -0.152. The number of hydrogen-bond acceptors (Lipinski definition) is 5. The molecule has 2 aromatic rings. The minimum absolute atomic E-state index is 0.152. The third-order valence-corrected chi connectivity index (χ3v) is 5.93. The maximum Gasteiger partial charge on any atom is 0.494 e. The van der Waals surface area contributed by atoms with Crippen molar-refractivity contribution in [2.75, 3.05) is 0 Å². The molecule has 6 nitrogen and oxygen atoms in total. The summed E-state index contributed by atoms with van der Waals surface area (Å²) in [6.07, 6.45) is 1.42. The summed E-state index contributed by atoms with van der Waals surface area (Å²) in [6.45, 7) is 16.7. The lowest BCUT2D eigenvalue weighted by atomic mass is 9.78. The third kappa shape index (κ3) is 4.26. The van der Waals surface area contributed by atoms with E-state index in [1.807, 2.05) is 72.4 Å². The van der Waals surface area contributed by atoms with Crippen LogP contribution < -0.4 is 5.46 Å². The zero-order valence-corrected chi connectivity index (χ0v) is 18.7. The average molecular weight is 398 g/mol. The molecule has 0 N–H and O–H groups in total. The van der Waals surface area contributed by atoms with Crippen molar-refractivity contribution in [2.45, 2.75) is 78.7 Å². The number of aromatic nitrogens is 1. The molecule has 29 heavy (non-hydrogen) atoms. The van der Waals surface area contributed by atoms with Gasteiger partial charge in [-0.05, 0) is 72.0 Å². The minimum atomic E-state index is -0.400. The molecule has 1 aromatic carbocycles. The van der Waals surface area contributed by atoms with E-state index in [1.165, 1.54) is 6.26 Å². The highest BCUT2D eigenvalue weighted by Crippen LogP contribution is 2.36. The average Bonchev–Trinajstić information content (AvgIpc) is 3.18. The Kier molecular flexibility index (Phi) is 5.43. The maximum atomic E-state index is 13.0. The molecule has 2 heterocycles. The molecule has 0 bridgehead atoms. The van der Waals surface area contributed by atoms with E-state index in [9.17, 15) is 4.79 Å². The fourth-order valence-electron chi connectivity index (χ4n) is 3.27. The maximum absolute atomic E-state index is 13.0. The van der Waals surface area contributed by atoms with Gasteiger partial charge in [0, 0.05) is 18.2 Å². The summed E-state index contributed by atoms with van der Waals surface area (Å²) in [7, 11) is -0.400. The Balaban J connectivity index is 1.83. The van der Waals surface area contributed by atoms with Gasteiger partial charge in [-0.1, -0.05) is 23.4 Å². The van der Waals surface area contributed by atoms with E-state index in [4.69, 9.17) is 13.8 Å². The normalized spacial score (nSPS) is 18.1. The molecule has 0 aliphatic carbocycles. The van der Waals surface area contributed by atoms with Crippen LogP contribution in [0.15, 0.2) is 35.1 Å². The molecule has 0 atom stereocenters. The molecule has 0 unspecified atom stereocenters. The molecule has 0 saturated carbocycles. The van der Waals surface area contributed by atoms with Crippen molar-refractivity contribution in [1.29, 1.82) is 0 Å². The second kappa shape index (κ2) is 7.29. The summed E-state index contributed by atoms with van der Waals surface area (Å²) in [5, 5.41) is 3.81.